The second-order valence-electron chi connectivity index (χ2n) is 6.79. The third-order valence-electron chi connectivity index (χ3n) is 3.61. The molecule has 0 aromatic carbocycles. The Kier molecular flexibility index (Phi) is 6.76. The molecule has 20 heavy (non-hydrogen) atoms. The average Bonchev–Trinajstić information content (AvgIpc) is 2.36. The maximum atomic E-state index is 5.96. The first-order chi connectivity index (χ1) is 9.34. The molecule has 0 radical (unpaired) electrons. The van der Waals surface area contributed by atoms with E-state index in [2.05, 4.69) is 31.1 Å². The monoisotopic (exact) mass is 285 g/mol. The Morgan fingerprint density at radius 2 is 2.20 bits per heavy atom. The molecule has 3 N–H and O–H groups in total. The summed E-state index contributed by atoms with van der Waals surface area (Å²) < 4.78 is 11.0. The summed E-state index contributed by atoms with van der Waals surface area (Å²) in [6, 6.07) is 0.171. The molecule has 5 nitrogen and oxygen atoms in total. The normalized spacial score (nSPS) is 26.4. The highest BCUT2D eigenvalue weighted by atomic mass is 16.5. The maximum Gasteiger partial charge on any atom is 0.188 e. The summed E-state index contributed by atoms with van der Waals surface area (Å²) in [6.45, 7) is 10.9. The SMILES string of the molecule is COCC(C)NC(N)=NCC1CCCOC1C(C)(C)C. The first-order valence-electron chi connectivity index (χ1n) is 7.51. The molecule has 0 spiro atoms. The minimum Gasteiger partial charge on any atom is -0.383 e. The van der Waals surface area contributed by atoms with Gasteiger partial charge in [0.1, 0.15) is 0 Å². The lowest BCUT2D eigenvalue weighted by atomic mass is 9.78. The van der Waals surface area contributed by atoms with Crippen LogP contribution in [0.4, 0.5) is 0 Å². The quantitative estimate of drug-likeness (QED) is 0.596. The predicted octanol–water partition coefficient (Wildman–Crippen LogP) is 1.77. The van der Waals surface area contributed by atoms with Gasteiger partial charge in [-0.05, 0) is 25.2 Å². The van der Waals surface area contributed by atoms with Crippen LogP contribution < -0.4 is 11.1 Å². The molecule has 3 atom stereocenters. The van der Waals surface area contributed by atoms with Gasteiger partial charge in [0.2, 0.25) is 0 Å². The van der Waals surface area contributed by atoms with E-state index in [0.717, 1.165) is 26.0 Å². The number of hydrogen-bond donors (Lipinski definition) is 2. The van der Waals surface area contributed by atoms with Crippen molar-refractivity contribution in [3.8, 4) is 0 Å². The summed E-state index contributed by atoms with van der Waals surface area (Å²) >= 11 is 0. The van der Waals surface area contributed by atoms with E-state index in [0.29, 0.717) is 18.5 Å². The molecule has 0 saturated carbocycles. The lowest BCUT2D eigenvalue weighted by Crippen LogP contribution is -2.43. The fraction of sp³-hybridized carbons (Fsp3) is 0.933. The van der Waals surface area contributed by atoms with Gasteiger partial charge in [-0.2, -0.15) is 0 Å². The third-order valence-corrected chi connectivity index (χ3v) is 3.61. The van der Waals surface area contributed by atoms with Crippen LogP contribution in [0.5, 0.6) is 0 Å². The van der Waals surface area contributed by atoms with Crippen molar-refractivity contribution < 1.29 is 9.47 Å². The Morgan fingerprint density at radius 1 is 1.50 bits per heavy atom. The van der Waals surface area contributed by atoms with E-state index in [4.69, 9.17) is 15.2 Å². The maximum absolute atomic E-state index is 5.96. The number of rotatable bonds is 5. The van der Waals surface area contributed by atoms with Gasteiger partial charge in [0.05, 0.1) is 12.7 Å². The molecule has 0 bridgehead atoms. The number of nitrogens with two attached hydrogens (primary N) is 1. The van der Waals surface area contributed by atoms with Crippen LogP contribution in [0.2, 0.25) is 0 Å². The fourth-order valence-electron chi connectivity index (χ4n) is 2.79. The minimum absolute atomic E-state index is 0.145. The molecule has 0 amide bonds. The molecule has 3 unspecified atom stereocenters. The molecule has 5 heteroatoms. The molecule has 1 fully saturated rings. The molecule has 1 aliphatic rings. The first kappa shape index (κ1) is 17.2. The molecular formula is C15H31N3O2. The highest BCUT2D eigenvalue weighted by molar-refractivity contribution is 5.78. The first-order valence-corrected chi connectivity index (χ1v) is 7.51. The third kappa shape index (κ3) is 5.67. The molecule has 1 aliphatic heterocycles. The lowest BCUT2D eigenvalue weighted by Gasteiger charge is -2.39. The summed E-state index contributed by atoms with van der Waals surface area (Å²) in [4.78, 5) is 4.48. The summed E-state index contributed by atoms with van der Waals surface area (Å²) in [5, 5.41) is 3.14. The molecule has 1 heterocycles. The predicted molar refractivity (Wildman–Crippen MR) is 82.9 cm³/mol. The second-order valence-corrected chi connectivity index (χ2v) is 6.79. The second kappa shape index (κ2) is 7.84. The van der Waals surface area contributed by atoms with Gasteiger partial charge in [0, 0.05) is 32.2 Å². The standard InChI is InChI=1S/C15H31N3O2/c1-11(10-19-5)18-14(16)17-9-12-7-6-8-20-13(12)15(2,3)4/h11-13H,6-10H2,1-5H3,(H3,16,17,18). The average molecular weight is 285 g/mol. The van der Waals surface area contributed by atoms with Crippen LogP contribution in [0.15, 0.2) is 4.99 Å². The van der Waals surface area contributed by atoms with Crippen LogP contribution >= 0.6 is 0 Å². The number of hydrogen-bond acceptors (Lipinski definition) is 3. The Balaban J connectivity index is 2.52. The van der Waals surface area contributed by atoms with Crippen molar-refractivity contribution in [1.29, 1.82) is 0 Å². The minimum atomic E-state index is 0.145. The van der Waals surface area contributed by atoms with Gasteiger partial charge in [-0.15, -0.1) is 0 Å². The van der Waals surface area contributed by atoms with Crippen molar-refractivity contribution in [2.24, 2.45) is 22.1 Å². The largest absolute Gasteiger partial charge is 0.383 e. The van der Waals surface area contributed by atoms with Gasteiger partial charge in [0.15, 0.2) is 5.96 Å². The number of guanidine groups is 1. The van der Waals surface area contributed by atoms with Crippen LogP contribution in [0.3, 0.4) is 0 Å². The number of nitrogens with zero attached hydrogens (tertiary/aromatic N) is 1. The fourth-order valence-corrected chi connectivity index (χ4v) is 2.79. The number of aliphatic imine (C=N–C) groups is 1. The highest BCUT2D eigenvalue weighted by Gasteiger charge is 2.35. The van der Waals surface area contributed by atoms with Gasteiger partial charge >= 0.3 is 0 Å². The molecule has 118 valence electrons. The van der Waals surface area contributed by atoms with Gasteiger partial charge in [-0.25, -0.2) is 0 Å². The zero-order chi connectivity index (χ0) is 15.2. The molecule has 1 saturated heterocycles. The molecule has 1 rings (SSSR count). The van der Waals surface area contributed by atoms with Crippen molar-refractivity contribution in [2.45, 2.75) is 52.7 Å². The topological polar surface area (TPSA) is 68.9 Å². The number of methoxy groups -OCH3 is 1. The van der Waals surface area contributed by atoms with Crippen LogP contribution in [0.25, 0.3) is 0 Å². The van der Waals surface area contributed by atoms with Gasteiger partial charge < -0.3 is 20.5 Å². The van der Waals surface area contributed by atoms with E-state index in [1.54, 1.807) is 7.11 Å². The van der Waals surface area contributed by atoms with Crippen molar-refractivity contribution in [1.82, 2.24) is 5.32 Å². The van der Waals surface area contributed by atoms with Crippen LogP contribution in [0, 0.1) is 11.3 Å². The summed E-state index contributed by atoms with van der Waals surface area (Å²) in [6.07, 6.45) is 2.52. The van der Waals surface area contributed by atoms with Crippen molar-refractivity contribution in [2.75, 3.05) is 26.9 Å². The van der Waals surface area contributed by atoms with Crippen LogP contribution in [-0.4, -0.2) is 45.0 Å². The summed E-state index contributed by atoms with van der Waals surface area (Å²) in [5.74, 6) is 0.939. The smallest absolute Gasteiger partial charge is 0.188 e. The lowest BCUT2D eigenvalue weighted by molar-refractivity contribution is -0.0823. The summed E-state index contributed by atoms with van der Waals surface area (Å²) in [7, 11) is 1.68. The van der Waals surface area contributed by atoms with E-state index in [1.165, 1.54) is 0 Å². The Morgan fingerprint density at radius 3 is 2.80 bits per heavy atom. The number of ether oxygens (including phenoxy) is 2. The highest BCUT2D eigenvalue weighted by Crippen LogP contribution is 2.34. The van der Waals surface area contributed by atoms with Crippen LogP contribution in [-0.2, 0) is 9.47 Å². The van der Waals surface area contributed by atoms with E-state index in [9.17, 15) is 0 Å². The molecule has 0 aromatic rings. The van der Waals surface area contributed by atoms with Crippen molar-refractivity contribution in [3.05, 3.63) is 0 Å². The number of nitrogens with one attached hydrogen (secondary N) is 1. The Bertz CT molecular complexity index is 313. The molecular weight excluding hydrogens is 254 g/mol. The molecule has 0 aliphatic carbocycles. The van der Waals surface area contributed by atoms with E-state index in [1.807, 2.05) is 6.92 Å². The van der Waals surface area contributed by atoms with E-state index >= 15 is 0 Å². The van der Waals surface area contributed by atoms with Gasteiger partial charge in [-0.3, -0.25) is 4.99 Å². The van der Waals surface area contributed by atoms with Crippen molar-refractivity contribution >= 4 is 5.96 Å². The Labute approximate surface area is 123 Å². The molecule has 0 aromatic heterocycles. The summed E-state index contributed by atoms with van der Waals surface area (Å²) in [5.41, 5.74) is 6.06. The van der Waals surface area contributed by atoms with Gasteiger partial charge in [-0.1, -0.05) is 20.8 Å². The van der Waals surface area contributed by atoms with Crippen molar-refractivity contribution in [3.63, 3.8) is 0 Å². The zero-order valence-corrected chi connectivity index (χ0v) is 13.6. The van der Waals surface area contributed by atoms with E-state index in [-0.39, 0.29) is 17.6 Å². The Hall–Kier alpha value is -0.810. The van der Waals surface area contributed by atoms with Crippen LogP contribution in [0.1, 0.15) is 40.5 Å². The van der Waals surface area contributed by atoms with Gasteiger partial charge in [0.25, 0.3) is 0 Å². The van der Waals surface area contributed by atoms with E-state index < -0.39 is 0 Å². The zero-order valence-electron chi connectivity index (χ0n) is 13.6.